The molecule has 4 nitrogen and oxygen atoms in total. The molecule has 1 aliphatic carbocycles. The molecule has 0 aromatic carbocycles. The highest BCUT2D eigenvalue weighted by atomic mass is 16.2. The third-order valence-corrected chi connectivity index (χ3v) is 4.38. The molecule has 0 saturated carbocycles. The number of hydrogen-bond acceptors (Lipinski definition) is 2. The number of amides is 2. The molecule has 112 valence electrons. The van der Waals surface area contributed by atoms with Crippen molar-refractivity contribution >= 4 is 11.8 Å². The third-order valence-electron chi connectivity index (χ3n) is 4.38. The SMILES string of the molecule is CCCC1NC(=O)C(C)N(CCC2=CCCCC2)C1=O. The fourth-order valence-corrected chi connectivity index (χ4v) is 3.07. The summed E-state index contributed by atoms with van der Waals surface area (Å²) in [7, 11) is 0. The van der Waals surface area contributed by atoms with Crippen molar-refractivity contribution in [1.82, 2.24) is 10.2 Å². The molecule has 2 atom stereocenters. The molecule has 1 N–H and O–H groups in total. The average Bonchev–Trinajstić information content (AvgIpc) is 2.46. The summed E-state index contributed by atoms with van der Waals surface area (Å²) in [6.07, 6.45) is 9.73. The molecular weight excluding hydrogens is 252 g/mol. The molecule has 2 amide bonds. The fraction of sp³-hybridized carbons (Fsp3) is 0.750. The van der Waals surface area contributed by atoms with Crippen molar-refractivity contribution in [2.45, 2.75) is 70.9 Å². The summed E-state index contributed by atoms with van der Waals surface area (Å²) >= 11 is 0. The molecule has 1 aliphatic heterocycles. The highest BCUT2D eigenvalue weighted by Gasteiger charge is 2.37. The summed E-state index contributed by atoms with van der Waals surface area (Å²) < 4.78 is 0. The summed E-state index contributed by atoms with van der Waals surface area (Å²) in [6.45, 7) is 4.54. The van der Waals surface area contributed by atoms with E-state index in [2.05, 4.69) is 11.4 Å². The van der Waals surface area contributed by atoms with Gasteiger partial charge < -0.3 is 10.2 Å². The molecule has 2 unspecified atom stereocenters. The lowest BCUT2D eigenvalue weighted by Gasteiger charge is -2.37. The summed E-state index contributed by atoms with van der Waals surface area (Å²) in [4.78, 5) is 26.2. The molecule has 0 radical (unpaired) electrons. The van der Waals surface area contributed by atoms with Crippen molar-refractivity contribution in [2.24, 2.45) is 0 Å². The van der Waals surface area contributed by atoms with Crippen LogP contribution in [0.3, 0.4) is 0 Å². The summed E-state index contributed by atoms with van der Waals surface area (Å²) in [5.74, 6) is 0.0797. The Hall–Kier alpha value is -1.32. The molecule has 0 aromatic heterocycles. The number of piperazine rings is 1. The Morgan fingerprint density at radius 1 is 1.35 bits per heavy atom. The second kappa shape index (κ2) is 6.91. The number of rotatable bonds is 5. The van der Waals surface area contributed by atoms with Gasteiger partial charge in [0.05, 0.1) is 0 Å². The fourth-order valence-electron chi connectivity index (χ4n) is 3.07. The minimum Gasteiger partial charge on any atom is -0.343 e. The first-order chi connectivity index (χ1) is 9.63. The van der Waals surface area contributed by atoms with E-state index in [1.807, 2.05) is 13.8 Å². The van der Waals surface area contributed by atoms with Gasteiger partial charge in [-0.05, 0) is 45.4 Å². The maximum atomic E-state index is 12.4. The van der Waals surface area contributed by atoms with Gasteiger partial charge in [0.2, 0.25) is 11.8 Å². The van der Waals surface area contributed by atoms with Crippen LogP contribution in [-0.2, 0) is 9.59 Å². The number of hydrogen-bond donors (Lipinski definition) is 1. The molecule has 2 rings (SSSR count). The van der Waals surface area contributed by atoms with Crippen LogP contribution < -0.4 is 5.32 Å². The van der Waals surface area contributed by atoms with Gasteiger partial charge in [-0.25, -0.2) is 0 Å². The first-order valence-corrected chi connectivity index (χ1v) is 7.92. The van der Waals surface area contributed by atoms with Crippen molar-refractivity contribution in [3.8, 4) is 0 Å². The largest absolute Gasteiger partial charge is 0.343 e. The summed E-state index contributed by atoms with van der Waals surface area (Å²) in [6, 6.07) is -0.649. The zero-order valence-corrected chi connectivity index (χ0v) is 12.7. The molecular formula is C16H26N2O2. The van der Waals surface area contributed by atoms with E-state index in [0.717, 1.165) is 32.1 Å². The van der Waals surface area contributed by atoms with Crippen LogP contribution in [0.25, 0.3) is 0 Å². The lowest BCUT2D eigenvalue weighted by atomic mass is 9.96. The Morgan fingerprint density at radius 2 is 2.15 bits per heavy atom. The Labute approximate surface area is 121 Å². The van der Waals surface area contributed by atoms with Crippen molar-refractivity contribution < 1.29 is 9.59 Å². The van der Waals surface area contributed by atoms with Crippen molar-refractivity contribution in [3.05, 3.63) is 11.6 Å². The van der Waals surface area contributed by atoms with E-state index in [1.165, 1.54) is 18.4 Å². The monoisotopic (exact) mass is 278 g/mol. The van der Waals surface area contributed by atoms with Crippen LogP contribution in [-0.4, -0.2) is 35.3 Å². The number of carbonyl (C=O) groups is 2. The van der Waals surface area contributed by atoms with Crippen LogP contribution in [0, 0.1) is 0 Å². The smallest absolute Gasteiger partial charge is 0.245 e. The Kier molecular flexibility index (Phi) is 5.21. The first kappa shape index (κ1) is 15.1. The van der Waals surface area contributed by atoms with Gasteiger partial charge in [-0.2, -0.15) is 0 Å². The Bertz CT molecular complexity index is 403. The highest BCUT2D eigenvalue weighted by molar-refractivity contribution is 5.96. The quantitative estimate of drug-likeness (QED) is 0.785. The standard InChI is InChI=1S/C16H26N2O2/c1-3-7-14-16(20)18(12(2)15(19)17-14)11-10-13-8-5-4-6-9-13/h8,12,14H,3-7,9-11H2,1-2H3,(H,17,19). The van der Waals surface area contributed by atoms with Gasteiger partial charge in [0.1, 0.15) is 12.1 Å². The van der Waals surface area contributed by atoms with Crippen molar-refractivity contribution in [2.75, 3.05) is 6.54 Å². The van der Waals surface area contributed by atoms with Gasteiger partial charge in [0.25, 0.3) is 0 Å². The van der Waals surface area contributed by atoms with E-state index in [4.69, 9.17) is 0 Å². The second-order valence-electron chi connectivity index (χ2n) is 5.92. The van der Waals surface area contributed by atoms with Crippen LogP contribution in [0.5, 0.6) is 0 Å². The highest BCUT2D eigenvalue weighted by Crippen LogP contribution is 2.22. The molecule has 0 spiro atoms. The molecule has 1 fully saturated rings. The van der Waals surface area contributed by atoms with Crippen LogP contribution in [0.2, 0.25) is 0 Å². The van der Waals surface area contributed by atoms with Gasteiger partial charge in [-0.15, -0.1) is 0 Å². The van der Waals surface area contributed by atoms with E-state index >= 15 is 0 Å². The zero-order chi connectivity index (χ0) is 14.5. The normalized spacial score (nSPS) is 27.3. The van der Waals surface area contributed by atoms with Gasteiger partial charge in [0, 0.05) is 6.54 Å². The van der Waals surface area contributed by atoms with Crippen LogP contribution in [0.1, 0.15) is 58.8 Å². The number of allylic oxidation sites excluding steroid dienone is 1. The number of nitrogens with zero attached hydrogens (tertiary/aromatic N) is 1. The Balaban J connectivity index is 1.97. The molecule has 0 bridgehead atoms. The van der Waals surface area contributed by atoms with Gasteiger partial charge in [0.15, 0.2) is 0 Å². The minimum atomic E-state index is -0.334. The van der Waals surface area contributed by atoms with E-state index in [-0.39, 0.29) is 23.9 Å². The maximum absolute atomic E-state index is 12.4. The third kappa shape index (κ3) is 3.41. The van der Waals surface area contributed by atoms with Gasteiger partial charge >= 0.3 is 0 Å². The zero-order valence-electron chi connectivity index (χ0n) is 12.7. The van der Waals surface area contributed by atoms with E-state index < -0.39 is 0 Å². The predicted molar refractivity (Wildman–Crippen MR) is 79.2 cm³/mol. The summed E-state index contributed by atoms with van der Waals surface area (Å²) in [5, 5.41) is 2.84. The van der Waals surface area contributed by atoms with E-state index in [0.29, 0.717) is 6.54 Å². The molecule has 1 saturated heterocycles. The number of nitrogens with one attached hydrogen (secondary N) is 1. The second-order valence-corrected chi connectivity index (χ2v) is 5.92. The lowest BCUT2D eigenvalue weighted by molar-refractivity contribution is -0.148. The van der Waals surface area contributed by atoms with Crippen LogP contribution in [0.15, 0.2) is 11.6 Å². The van der Waals surface area contributed by atoms with Crippen LogP contribution >= 0.6 is 0 Å². The number of carbonyl (C=O) groups excluding carboxylic acids is 2. The van der Waals surface area contributed by atoms with Crippen molar-refractivity contribution in [3.63, 3.8) is 0 Å². The van der Waals surface area contributed by atoms with E-state index in [9.17, 15) is 9.59 Å². The first-order valence-electron chi connectivity index (χ1n) is 7.92. The average molecular weight is 278 g/mol. The molecule has 2 aliphatic rings. The van der Waals surface area contributed by atoms with Crippen molar-refractivity contribution in [1.29, 1.82) is 0 Å². The predicted octanol–water partition coefficient (Wildman–Crippen LogP) is 2.39. The summed E-state index contributed by atoms with van der Waals surface area (Å²) in [5.41, 5.74) is 1.45. The van der Waals surface area contributed by atoms with Gasteiger partial charge in [-0.3, -0.25) is 9.59 Å². The van der Waals surface area contributed by atoms with Gasteiger partial charge in [-0.1, -0.05) is 25.0 Å². The Morgan fingerprint density at radius 3 is 2.80 bits per heavy atom. The lowest BCUT2D eigenvalue weighted by Crippen LogP contribution is -2.62. The maximum Gasteiger partial charge on any atom is 0.245 e. The molecule has 4 heteroatoms. The molecule has 1 heterocycles. The minimum absolute atomic E-state index is 0.0133. The van der Waals surface area contributed by atoms with Crippen LogP contribution in [0.4, 0.5) is 0 Å². The molecule has 0 aromatic rings. The molecule has 20 heavy (non-hydrogen) atoms. The van der Waals surface area contributed by atoms with E-state index in [1.54, 1.807) is 4.90 Å². The topological polar surface area (TPSA) is 49.4 Å².